The van der Waals surface area contributed by atoms with Crippen LogP contribution in [0.2, 0.25) is 13.1 Å². The largest absolute Gasteiger partial charge is 0.314 e. The Labute approximate surface area is 522 Å². The van der Waals surface area contributed by atoms with E-state index in [9.17, 15) is 0 Å². The number of hydrogen-bond acceptors (Lipinski definition) is 2. The minimum atomic E-state index is -2.40. The summed E-state index contributed by atoms with van der Waals surface area (Å²) in [6.07, 6.45) is 62.8. The van der Waals surface area contributed by atoms with Gasteiger partial charge in [-0.2, -0.15) is 0 Å². The van der Waals surface area contributed by atoms with Crippen molar-refractivity contribution in [3.8, 4) is 11.1 Å². The highest BCUT2D eigenvalue weighted by Crippen LogP contribution is 2.70. The molecule has 0 radical (unpaired) electrons. The van der Waals surface area contributed by atoms with Crippen LogP contribution in [0.3, 0.4) is 0 Å². The quantitative estimate of drug-likeness (QED) is 0.119. The second-order valence-electron chi connectivity index (χ2n) is 27.4. The number of nitrogens with zero attached hydrogens (tertiary/aromatic N) is 2. The lowest BCUT2D eigenvalue weighted by Crippen LogP contribution is -2.49. The molecule has 17 unspecified atom stereocenters. The molecule has 13 aliphatic rings. The lowest BCUT2D eigenvalue weighted by atomic mass is 9.52. The average Bonchev–Trinajstić information content (AvgIpc) is 1.58. The van der Waals surface area contributed by atoms with Crippen LogP contribution in [0.25, 0.3) is 11.1 Å². The third-order valence-electron chi connectivity index (χ3n) is 23.1. The van der Waals surface area contributed by atoms with Gasteiger partial charge in [0.25, 0.3) is 0 Å². The molecular weight excluding hydrogens is 1130 g/mol. The van der Waals surface area contributed by atoms with Crippen molar-refractivity contribution in [2.24, 2.45) is 81.8 Å². The highest BCUT2D eigenvalue weighted by Gasteiger charge is 2.64. The predicted molar refractivity (Wildman–Crippen MR) is 355 cm³/mol. The van der Waals surface area contributed by atoms with Gasteiger partial charge in [-0.25, -0.2) is 26.3 Å². The molecule has 0 aromatic heterocycles. The Balaban J connectivity index is 0.871. The summed E-state index contributed by atoms with van der Waals surface area (Å²) in [6.45, 7) is 13.0. The van der Waals surface area contributed by atoms with Gasteiger partial charge in [-0.3, -0.25) is 0 Å². The van der Waals surface area contributed by atoms with E-state index in [4.69, 9.17) is 0 Å². The molecule has 0 spiro atoms. The highest BCUT2D eigenvalue weighted by atomic mass is 28.3. The SMILES string of the molecule is C=CC1=CCC(C2(C3C=CC(F)=CC3)C3C=CC=CC3C3C=CC(N(C4=CC=C(F)C(F)C4)c4ccc5c(c4)-c4cc(N(C6=CC(F)C(F)C=C6)C6=CC7C(C=C6)C6C=CC=CC6C7(C6=CCC(C=C)C=C6)C6CC=C(F)CC6)ccc4[Si]5(C)C)=CC32)C=C1. The minimum Gasteiger partial charge on any atom is -0.314 e. The second kappa shape index (κ2) is 22.4. The van der Waals surface area contributed by atoms with Crippen LogP contribution in [-0.2, 0) is 0 Å². The normalized spacial score (nSPS) is 37.0. The van der Waals surface area contributed by atoms with Gasteiger partial charge in [0.05, 0.1) is 5.83 Å². The van der Waals surface area contributed by atoms with E-state index in [1.165, 1.54) is 34.2 Å². The van der Waals surface area contributed by atoms with Crippen molar-refractivity contribution in [2.45, 2.75) is 76.6 Å². The third-order valence-corrected chi connectivity index (χ3v) is 26.7. The van der Waals surface area contributed by atoms with Gasteiger partial charge in [0.1, 0.15) is 19.7 Å². The maximum Gasteiger partial charge on any atom is 0.157 e. The number of hydrogen-bond donors (Lipinski definition) is 0. The van der Waals surface area contributed by atoms with E-state index >= 15 is 26.3 Å². The van der Waals surface area contributed by atoms with E-state index in [1.54, 1.807) is 24.3 Å². The van der Waals surface area contributed by atoms with Gasteiger partial charge in [0, 0.05) is 46.0 Å². The first-order valence-electron chi connectivity index (χ1n) is 32.4. The lowest BCUT2D eigenvalue weighted by molar-refractivity contribution is 0.0509. The summed E-state index contributed by atoms with van der Waals surface area (Å²) in [5.74, 6) is 0.157. The summed E-state index contributed by atoms with van der Waals surface area (Å²) in [5.41, 5.74) is 8.14. The molecule has 0 N–H and O–H groups in total. The van der Waals surface area contributed by atoms with Gasteiger partial charge in [0.2, 0.25) is 0 Å². The predicted octanol–water partition coefficient (Wildman–Crippen LogP) is 19.3. The van der Waals surface area contributed by atoms with E-state index < -0.39 is 43.2 Å². The standard InChI is InChI=1S/C80H76F6N2Si/c1-5-49-15-19-51(20-16-49)79(53-23-27-55(81)28-24-53)69-13-9-7-11-63(69)65-37-31-59(45-71(65)79)87(61-33-39-73(83)75(85)47-61)57-35-41-77-67(43-57)68-44-58(36-42-78(68)89(77,3)4)88(62-34-40-74(84)76(86)48-62)60-32-38-66-64-12-8-10-14-70(64)80(72(66)46-60,54-25-29-56(82)30-26-54)52-21-17-50(6-2)18-22-52/h5-17,19,21-23,27-29,31-46,48,50-51,53-54,63-66,69-72,74-76H,1-2,18,20,24-26,30,47H2,3-4H3. The molecule has 0 bridgehead atoms. The molecule has 9 heteroatoms. The van der Waals surface area contributed by atoms with Crippen molar-refractivity contribution in [1.29, 1.82) is 0 Å². The minimum absolute atomic E-state index is 0.00295. The number of halogens is 6. The van der Waals surface area contributed by atoms with E-state index in [-0.39, 0.29) is 89.1 Å². The molecule has 2 nitrogen and oxygen atoms in total. The van der Waals surface area contributed by atoms with Crippen molar-refractivity contribution in [2.75, 3.05) is 9.80 Å². The number of allylic oxidation sites excluding steroid dienone is 37. The Morgan fingerprint density at radius 2 is 1.19 bits per heavy atom. The second-order valence-corrected chi connectivity index (χ2v) is 31.8. The zero-order valence-corrected chi connectivity index (χ0v) is 51.5. The molecule has 1 heterocycles. The maximum absolute atomic E-state index is 16.1. The van der Waals surface area contributed by atoms with Crippen molar-refractivity contribution in [3.05, 3.63) is 289 Å². The fourth-order valence-electron chi connectivity index (χ4n) is 19.2. The van der Waals surface area contributed by atoms with E-state index in [2.05, 4.69) is 200 Å². The van der Waals surface area contributed by atoms with Gasteiger partial charge in [-0.05, 0) is 227 Å². The first-order chi connectivity index (χ1) is 43.2. The summed E-state index contributed by atoms with van der Waals surface area (Å²) in [6, 6.07) is 13.2. The summed E-state index contributed by atoms with van der Waals surface area (Å²) >= 11 is 0. The molecule has 17 atom stereocenters. The van der Waals surface area contributed by atoms with Gasteiger partial charge in [-0.15, -0.1) is 6.58 Å². The Bertz CT molecular complexity index is 3960. The van der Waals surface area contributed by atoms with Crippen molar-refractivity contribution in [3.63, 3.8) is 0 Å². The molecule has 452 valence electrons. The molecule has 0 saturated heterocycles. The Morgan fingerprint density at radius 3 is 1.82 bits per heavy atom. The van der Waals surface area contributed by atoms with Crippen LogP contribution >= 0.6 is 0 Å². The summed E-state index contributed by atoms with van der Waals surface area (Å²) in [7, 11) is -2.40. The van der Waals surface area contributed by atoms with E-state index in [0.29, 0.717) is 37.1 Å². The molecule has 89 heavy (non-hydrogen) atoms. The monoisotopic (exact) mass is 1210 g/mol. The van der Waals surface area contributed by atoms with E-state index in [0.717, 1.165) is 52.3 Å². The number of fused-ring (bicyclic) bond motifs is 9. The van der Waals surface area contributed by atoms with Crippen LogP contribution in [-0.4, -0.2) is 26.6 Å². The first kappa shape index (κ1) is 57.8. The molecule has 12 aliphatic carbocycles. The fraction of sp³-hybridized carbons (Fsp3) is 0.325. The molecule has 2 saturated carbocycles. The maximum atomic E-state index is 16.1. The van der Waals surface area contributed by atoms with Crippen molar-refractivity contribution in [1.82, 2.24) is 0 Å². The lowest BCUT2D eigenvalue weighted by Gasteiger charge is -2.51. The van der Waals surface area contributed by atoms with Gasteiger partial charge >= 0.3 is 0 Å². The highest BCUT2D eigenvalue weighted by molar-refractivity contribution is 7.03. The van der Waals surface area contributed by atoms with Gasteiger partial charge in [0.15, 0.2) is 18.5 Å². The summed E-state index contributed by atoms with van der Waals surface area (Å²) in [4.78, 5) is 4.26. The summed E-state index contributed by atoms with van der Waals surface area (Å²) < 4.78 is 93.0. The zero-order chi connectivity index (χ0) is 61.1. The molecular formula is C80H76F6N2Si. The van der Waals surface area contributed by atoms with Crippen molar-refractivity contribution >= 4 is 29.8 Å². The van der Waals surface area contributed by atoms with Crippen LogP contribution < -0.4 is 20.2 Å². The first-order valence-corrected chi connectivity index (χ1v) is 35.4. The topological polar surface area (TPSA) is 6.48 Å². The molecule has 2 fully saturated rings. The molecule has 15 rings (SSSR count). The van der Waals surface area contributed by atoms with Crippen LogP contribution in [0, 0.1) is 81.8 Å². The Kier molecular flexibility index (Phi) is 14.5. The third kappa shape index (κ3) is 9.14. The number of benzene rings is 2. The van der Waals surface area contributed by atoms with Crippen LogP contribution in [0.5, 0.6) is 0 Å². The van der Waals surface area contributed by atoms with Crippen molar-refractivity contribution < 1.29 is 26.3 Å². The molecule has 0 amide bonds. The smallest absolute Gasteiger partial charge is 0.157 e. The zero-order valence-electron chi connectivity index (χ0n) is 50.5. The number of alkyl halides is 3. The fourth-order valence-corrected chi connectivity index (χ4v) is 22.2. The molecule has 2 aromatic rings. The van der Waals surface area contributed by atoms with E-state index in [1.807, 2.05) is 18.2 Å². The molecule has 2 aromatic carbocycles. The van der Waals surface area contributed by atoms with Crippen LogP contribution in [0.1, 0.15) is 44.9 Å². The average molecular weight is 1210 g/mol. The van der Waals surface area contributed by atoms with Crippen LogP contribution in [0.4, 0.5) is 37.7 Å². The Morgan fingerprint density at radius 1 is 0.562 bits per heavy atom. The number of rotatable bonds is 12. The molecule has 1 aliphatic heterocycles. The van der Waals surface area contributed by atoms with Gasteiger partial charge < -0.3 is 9.80 Å². The number of anilines is 2. The summed E-state index contributed by atoms with van der Waals surface area (Å²) in [5, 5.41) is 2.48. The van der Waals surface area contributed by atoms with Crippen LogP contribution in [0.15, 0.2) is 289 Å². The van der Waals surface area contributed by atoms with Gasteiger partial charge in [-0.1, -0.05) is 165 Å². The Hall–Kier alpha value is -7.62.